The lowest BCUT2D eigenvalue weighted by atomic mass is 10.2. The number of sulfonamides is 1. The van der Waals surface area contributed by atoms with Crippen LogP contribution in [-0.4, -0.2) is 23.1 Å². The van der Waals surface area contributed by atoms with Gasteiger partial charge in [-0.25, -0.2) is 17.9 Å². The highest BCUT2D eigenvalue weighted by molar-refractivity contribution is 7.89. The van der Waals surface area contributed by atoms with Gasteiger partial charge in [0.05, 0.1) is 15.8 Å². The minimum Gasteiger partial charge on any atom is -0.293 e. The maximum absolute atomic E-state index is 12.8. The van der Waals surface area contributed by atoms with E-state index in [-0.39, 0.29) is 22.5 Å². The summed E-state index contributed by atoms with van der Waals surface area (Å²) in [4.78, 5) is 25.1. The normalized spacial score (nSPS) is 22.7. The molecule has 3 rings (SSSR count). The molecule has 8 heteroatoms. The summed E-state index contributed by atoms with van der Waals surface area (Å²) in [5.74, 6) is 0.334. The maximum atomic E-state index is 12.8. The van der Waals surface area contributed by atoms with Gasteiger partial charge in [-0.1, -0.05) is 13.3 Å². The molecule has 0 saturated heterocycles. The Morgan fingerprint density at radius 3 is 2.35 bits per heavy atom. The van der Waals surface area contributed by atoms with Gasteiger partial charge in [0.1, 0.15) is 0 Å². The highest BCUT2D eigenvalue weighted by Crippen LogP contribution is 2.46. The molecule has 0 unspecified atom stereocenters. The second kappa shape index (κ2) is 6.35. The molecule has 1 aromatic heterocycles. The van der Waals surface area contributed by atoms with Crippen molar-refractivity contribution in [3.63, 3.8) is 0 Å². The van der Waals surface area contributed by atoms with Crippen molar-refractivity contribution in [2.45, 2.75) is 64.1 Å². The van der Waals surface area contributed by atoms with Crippen LogP contribution in [0, 0.1) is 5.92 Å². The zero-order valence-electron chi connectivity index (χ0n) is 15.6. The summed E-state index contributed by atoms with van der Waals surface area (Å²) in [7, 11) is -3.74. The monoisotopic (exact) mass is 379 g/mol. The van der Waals surface area contributed by atoms with Crippen LogP contribution in [0.5, 0.6) is 0 Å². The minimum atomic E-state index is -3.74. The van der Waals surface area contributed by atoms with Gasteiger partial charge in [-0.3, -0.25) is 13.9 Å². The summed E-state index contributed by atoms with van der Waals surface area (Å²) in [6.45, 7) is 8.11. The third-order valence-electron chi connectivity index (χ3n) is 5.41. The molecule has 1 aliphatic rings. The predicted molar refractivity (Wildman–Crippen MR) is 101 cm³/mol. The summed E-state index contributed by atoms with van der Waals surface area (Å²) in [6, 6.07) is 4.38. The topological polar surface area (TPSA) is 90.2 Å². The van der Waals surface area contributed by atoms with Crippen molar-refractivity contribution in [2.75, 3.05) is 0 Å². The molecule has 1 N–H and O–H groups in total. The molecule has 1 fully saturated rings. The van der Waals surface area contributed by atoms with Crippen molar-refractivity contribution in [1.82, 2.24) is 13.9 Å². The molecule has 26 heavy (non-hydrogen) atoms. The predicted octanol–water partition coefficient (Wildman–Crippen LogP) is 1.67. The van der Waals surface area contributed by atoms with Crippen molar-refractivity contribution in [2.24, 2.45) is 5.92 Å². The first-order valence-corrected chi connectivity index (χ1v) is 10.5. The van der Waals surface area contributed by atoms with Crippen molar-refractivity contribution >= 4 is 20.9 Å². The molecule has 0 spiro atoms. The minimum absolute atomic E-state index is 0.0500. The van der Waals surface area contributed by atoms with Gasteiger partial charge in [-0.05, 0) is 51.3 Å². The fourth-order valence-corrected chi connectivity index (χ4v) is 5.20. The number of rotatable bonds is 6. The average Bonchev–Trinajstić information content (AvgIpc) is 3.24. The Kier molecular flexibility index (Phi) is 4.60. The molecule has 1 aromatic carbocycles. The Hall–Kier alpha value is -1.93. The Labute approximate surface area is 152 Å². The highest BCUT2D eigenvalue weighted by atomic mass is 32.2. The molecule has 1 aliphatic carbocycles. The lowest BCUT2D eigenvalue weighted by molar-refractivity contribution is 0.532. The summed E-state index contributed by atoms with van der Waals surface area (Å²) in [5.41, 5.74) is -0.806. The van der Waals surface area contributed by atoms with Crippen LogP contribution in [0.1, 0.15) is 40.5 Å². The lowest BCUT2D eigenvalue weighted by Crippen LogP contribution is -2.39. The molecule has 0 bridgehead atoms. The Bertz CT molecular complexity index is 1080. The van der Waals surface area contributed by atoms with Crippen molar-refractivity contribution in [3.05, 3.63) is 39.0 Å². The van der Waals surface area contributed by atoms with E-state index in [4.69, 9.17) is 0 Å². The van der Waals surface area contributed by atoms with E-state index in [9.17, 15) is 18.0 Å². The van der Waals surface area contributed by atoms with Gasteiger partial charge < -0.3 is 0 Å². The zero-order valence-corrected chi connectivity index (χ0v) is 16.4. The number of nitrogens with one attached hydrogen (secondary N) is 1. The summed E-state index contributed by atoms with van der Waals surface area (Å²) >= 11 is 0. The number of benzene rings is 1. The van der Waals surface area contributed by atoms with Crippen molar-refractivity contribution < 1.29 is 8.42 Å². The van der Waals surface area contributed by atoms with Crippen LogP contribution in [0.3, 0.4) is 0 Å². The maximum Gasteiger partial charge on any atom is 0.331 e. The number of nitrogens with zero attached hydrogens (tertiary/aromatic N) is 2. The smallest absolute Gasteiger partial charge is 0.293 e. The van der Waals surface area contributed by atoms with Gasteiger partial charge in [0.2, 0.25) is 10.0 Å². The molecular weight excluding hydrogens is 354 g/mol. The third-order valence-corrected chi connectivity index (χ3v) is 7.02. The summed E-state index contributed by atoms with van der Waals surface area (Å²) in [5, 5.41) is 0.240. The fourth-order valence-electron chi connectivity index (χ4n) is 3.69. The Morgan fingerprint density at radius 1 is 1.15 bits per heavy atom. The molecule has 7 nitrogen and oxygen atoms in total. The molecule has 1 saturated carbocycles. The number of hydrogen-bond acceptors (Lipinski definition) is 4. The second-order valence-corrected chi connectivity index (χ2v) is 8.77. The number of hydrogen-bond donors (Lipinski definition) is 1. The van der Waals surface area contributed by atoms with Crippen LogP contribution in [0.15, 0.2) is 32.7 Å². The van der Waals surface area contributed by atoms with Crippen LogP contribution in [0.4, 0.5) is 0 Å². The first-order valence-electron chi connectivity index (χ1n) is 8.99. The van der Waals surface area contributed by atoms with Crippen molar-refractivity contribution in [3.8, 4) is 0 Å². The fraction of sp³-hybridized carbons (Fsp3) is 0.556. The second-order valence-electron chi connectivity index (χ2n) is 7.09. The van der Waals surface area contributed by atoms with Crippen LogP contribution >= 0.6 is 0 Å². The number of fused-ring (bicyclic) bond motifs is 1. The van der Waals surface area contributed by atoms with E-state index in [2.05, 4.69) is 4.72 Å². The first kappa shape index (κ1) is 18.8. The van der Waals surface area contributed by atoms with Crippen molar-refractivity contribution in [1.29, 1.82) is 0 Å². The van der Waals surface area contributed by atoms with E-state index in [0.29, 0.717) is 18.0 Å². The standard InChI is InChI=1S/C18H25N3O4S/c1-5-12-11-18(12,4)19-26(24,25)13-8-9-15-14(10-13)16(22)21(7-3)17(23)20(15)6-2/h8-10,12,19H,5-7,11H2,1-4H3/t12-,18-/m1/s1. The molecule has 0 aliphatic heterocycles. The molecule has 0 amide bonds. The van der Waals surface area contributed by atoms with E-state index >= 15 is 0 Å². The molecule has 142 valence electrons. The first-order chi connectivity index (χ1) is 12.2. The van der Waals surface area contributed by atoms with Crippen LogP contribution in [-0.2, 0) is 23.1 Å². The van der Waals surface area contributed by atoms with Crippen LogP contribution < -0.4 is 16.0 Å². The van der Waals surface area contributed by atoms with E-state index in [1.165, 1.54) is 16.7 Å². The number of aryl methyl sites for hydroxylation is 1. The van der Waals surface area contributed by atoms with Gasteiger partial charge >= 0.3 is 5.69 Å². The summed E-state index contributed by atoms with van der Waals surface area (Å²) in [6.07, 6.45) is 1.73. The third kappa shape index (κ3) is 2.91. The molecule has 1 heterocycles. The van der Waals surface area contributed by atoms with E-state index < -0.39 is 21.1 Å². The van der Waals surface area contributed by atoms with E-state index in [0.717, 1.165) is 17.4 Å². The number of aromatic nitrogens is 2. The van der Waals surface area contributed by atoms with Gasteiger partial charge in [0.25, 0.3) is 5.56 Å². The molecule has 0 radical (unpaired) electrons. The van der Waals surface area contributed by atoms with E-state index in [1.54, 1.807) is 13.0 Å². The lowest BCUT2D eigenvalue weighted by Gasteiger charge is -2.16. The Balaban J connectivity index is 2.15. The molecular formula is C18H25N3O4S. The highest BCUT2D eigenvalue weighted by Gasteiger charge is 2.51. The van der Waals surface area contributed by atoms with Gasteiger partial charge in [-0.15, -0.1) is 0 Å². The SMILES string of the molecule is CC[C@@H]1C[C@@]1(C)NS(=O)(=O)c1ccc2c(c1)c(=O)n(CC)c(=O)n2CC. The Morgan fingerprint density at radius 2 is 1.81 bits per heavy atom. The quantitative estimate of drug-likeness (QED) is 0.827. The average molecular weight is 379 g/mol. The largest absolute Gasteiger partial charge is 0.331 e. The van der Waals surface area contributed by atoms with E-state index in [1.807, 2.05) is 20.8 Å². The summed E-state index contributed by atoms with van der Waals surface area (Å²) < 4.78 is 31.0. The van der Waals surface area contributed by atoms with Crippen LogP contribution in [0.2, 0.25) is 0 Å². The molecule has 2 aromatic rings. The van der Waals surface area contributed by atoms with Gasteiger partial charge in [-0.2, -0.15) is 0 Å². The van der Waals surface area contributed by atoms with Gasteiger partial charge in [0.15, 0.2) is 0 Å². The molecule has 2 atom stereocenters. The van der Waals surface area contributed by atoms with Gasteiger partial charge in [0, 0.05) is 18.6 Å². The van der Waals surface area contributed by atoms with Crippen LogP contribution in [0.25, 0.3) is 10.9 Å². The zero-order chi connectivity index (χ0) is 19.3.